The van der Waals surface area contributed by atoms with Gasteiger partial charge in [0.25, 0.3) is 0 Å². The summed E-state index contributed by atoms with van der Waals surface area (Å²) in [4.78, 5) is 19.9. The number of nitrogens with zero attached hydrogens (tertiary/aromatic N) is 3. The van der Waals surface area contributed by atoms with Crippen LogP contribution in [-0.4, -0.2) is 134 Å². The van der Waals surface area contributed by atoms with Crippen molar-refractivity contribution in [3.63, 3.8) is 0 Å². The van der Waals surface area contributed by atoms with Crippen LogP contribution >= 0.6 is 0 Å². The fraction of sp³-hybridized carbons (Fsp3) is 0.889. The number of hydrogen-bond donors (Lipinski definition) is 5. The maximum Gasteiger partial charge on any atom is 0.227 e. The number of alkyl halides is 2. The van der Waals surface area contributed by atoms with Gasteiger partial charge in [0.15, 0.2) is 0 Å². The number of amides is 1. The summed E-state index contributed by atoms with van der Waals surface area (Å²) in [5.74, 6) is -0.961. The van der Waals surface area contributed by atoms with Crippen LogP contribution in [0.4, 0.5) is 8.78 Å². The van der Waals surface area contributed by atoms with E-state index in [2.05, 4.69) is 32.3 Å². The molecule has 0 aromatic rings. The van der Waals surface area contributed by atoms with Gasteiger partial charge in [0.1, 0.15) is 12.3 Å². The lowest BCUT2D eigenvalue weighted by Crippen LogP contribution is -2.69. The van der Waals surface area contributed by atoms with E-state index in [1.807, 2.05) is 18.7 Å². The minimum atomic E-state index is -1.14. The Balaban J connectivity index is 2.15. The number of β-amino-alcohol motifs (C(OH)–C–C–N with tert-alkyl or cyclic N) is 1. The summed E-state index contributed by atoms with van der Waals surface area (Å²) in [6.45, 7) is 17.7. The second kappa shape index (κ2) is 15.0. The Kier molecular flexibility index (Phi) is 13.0. The molecule has 2 heterocycles. The van der Waals surface area contributed by atoms with Crippen molar-refractivity contribution in [1.82, 2.24) is 30.7 Å². The molecule has 2 saturated heterocycles. The Hall–Kier alpha value is -1.21. The van der Waals surface area contributed by atoms with Gasteiger partial charge in [0.05, 0.1) is 29.8 Å². The third kappa shape index (κ3) is 10.1. The van der Waals surface area contributed by atoms with Crippen molar-refractivity contribution in [3.05, 3.63) is 12.2 Å². The summed E-state index contributed by atoms with van der Waals surface area (Å²) in [6, 6.07) is -1.26. The van der Waals surface area contributed by atoms with Gasteiger partial charge in [0, 0.05) is 64.9 Å². The number of nitrogens with one attached hydrogen (secondary N) is 3. The summed E-state index contributed by atoms with van der Waals surface area (Å²) in [5.41, 5.74) is 6.58. The summed E-state index contributed by atoms with van der Waals surface area (Å²) in [6.07, 6.45) is -2.43. The SMILES string of the molecule is C=C(C)CNC(N)C(C(=O)NC1CNCC(F)C1N1CCN(CC(C)(C)O)CC1)C(C)N(C)CC(F)CC. The number of rotatable bonds is 14. The standard InChI is InChI=1S/C27H53F2N7O2/c1-8-20(28)16-34(7)19(4)23(25(30)32-13-18(2)3)26(37)33-22-15-31-14-21(29)24(22)36-11-9-35(10-12-36)17-27(5,6)38/h19-25,31-32,38H,2,8-17,30H2,1,3-7H3,(H,33,37). The third-order valence-corrected chi connectivity index (χ3v) is 7.73. The lowest BCUT2D eigenvalue weighted by Gasteiger charge is -2.47. The first-order valence-electron chi connectivity index (χ1n) is 14.0. The number of hydrogen-bond acceptors (Lipinski definition) is 8. The average molecular weight is 546 g/mol. The van der Waals surface area contributed by atoms with E-state index in [-0.39, 0.29) is 25.0 Å². The van der Waals surface area contributed by atoms with Crippen molar-refractivity contribution in [2.45, 2.75) is 83.3 Å². The second-order valence-corrected chi connectivity index (χ2v) is 12.0. The molecule has 7 unspecified atom stereocenters. The zero-order valence-electron chi connectivity index (χ0n) is 24.4. The summed E-state index contributed by atoms with van der Waals surface area (Å²) in [7, 11) is 1.80. The molecule has 2 aliphatic heterocycles. The first-order chi connectivity index (χ1) is 17.7. The molecule has 2 fully saturated rings. The number of halogens is 2. The Morgan fingerprint density at radius 3 is 2.47 bits per heavy atom. The van der Waals surface area contributed by atoms with Crippen LogP contribution < -0.4 is 21.7 Å². The van der Waals surface area contributed by atoms with E-state index in [0.29, 0.717) is 39.1 Å². The summed E-state index contributed by atoms with van der Waals surface area (Å²) >= 11 is 0. The number of carbonyl (C=O) groups excluding carboxylic acids is 1. The van der Waals surface area contributed by atoms with Crippen molar-refractivity contribution in [3.8, 4) is 0 Å². The molecule has 222 valence electrons. The molecular weight excluding hydrogens is 492 g/mol. The molecule has 0 saturated carbocycles. The third-order valence-electron chi connectivity index (χ3n) is 7.73. The highest BCUT2D eigenvalue weighted by atomic mass is 19.1. The van der Waals surface area contributed by atoms with Crippen LogP contribution in [-0.2, 0) is 4.79 Å². The summed E-state index contributed by atoms with van der Waals surface area (Å²) in [5, 5.41) is 19.6. The Morgan fingerprint density at radius 2 is 1.92 bits per heavy atom. The Bertz CT molecular complexity index is 745. The molecule has 2 aliphatic rings. The molecular formula is C27H53F2N7O2. The molecule has 38 heavy (non-hydrogen) atoms. The zero-order chi connectivity index (χ0) is 28.6. The van der Waals surface area contributed by atoms with Gasteiger partial charge in [-0.15, -0.1) is 0 Å². The van der Waals surface area contributed by atoms with Gasteiger partial charge in [-0.1, -0.05) is 19.1 Å². The highest BCUT2D eigenvalue weighted by molar-refractivity contribution is 5.80. The number of carbonyl (C=O) groups is 1. The molecule has 0 radical (unpaired) electrons. The molecule has 6 N–H and O–H groups in total. The van der Waals surface area contributed by atoms with E-state index in [1.54, 1.807) is 27.8 Å². The number of nitrogens with two attached hydrogens (primary N) is 1. The van der Waals surface area contributed by atoms with Crippen LogP contribution in [0.5, 0.6) is 0 Å². The van der Waals surface area contributed by atoms with E-state index in [9.17, 15) is 14.3 Å². The van der Waals surface area contributed by atoms with Crippen molar-refractivity contribution >= 4 is 5.91 Å². The topological polar surface area (TPSA) is 109 Å². The molecule has 1 amide bonds. The molecule has 0 aliphatic carbocycles. The van der Waals surface area contributed by atoms with Crippen LogP contribution in [0.25, 0.3) is 0 Å². The number of piperazine rings is 1. The maximum atomic E-state index is 15.3. The summed E-state index contributed by atoms with van der Waals surface area (Å²) < 4.78 is 29.5. The highest BCUT2D eigenvalue weighted by Gasteiger charge is 2.42. The maximum absolute atomic E-state index is 15.3. The number of piperidine rings is 1. The Morgan fingerprint density at radius 1 is 1.29 bits per heavy atom. The van der Waals surface area contributed by atoms with Crippen molar-refractivity contribution in [2.75, 3.05) is 66.0 Å². The highest BCUT2D eigenvalue weighted by Crippen LogP contribution is 2.21. The molecule has 0 bridgehead atoms. The van der Waals surface area contributed by atoms with Gasteiger partial charge in [0.2, 0.25) is 5.91 Å². The van der Waals surface area contributed by atoms with E-state index in [1.165, 1.54) is 0 Å². The molecule has 0 aromatic carbocycles. The van der Waals surface area contributed by atoms with E-state index in [0.717, 1.165) is 18.7 Å². The van der Waals surface area contributed by atoms with E-state index in [4.69, 9.17) is 5.73 Å². The van der Waals surface area contributed by atoms with E-state index >= 15 is 4.39 Å². The first kappa shape index (κ1) is 33.0. The van der Waals surface area contributed by atoms with Gasteiger partial charge in [-0.25, -0.2) is 8.78 Å². The minimum absolute atomic E-state index is 0.198. The number of aliphatic hydroxyl groups is 1. The zero-order valence-corrected chi connectivity index (χ0v) is 24.4. The van der Waals surface area contributed by atoms with Crippen LogP contribution in [0.2, 0.25) is 0 Å². The van der Waals surface area contributed by atoms with Gasteiger partial charge in [-0.3, -0.25) is 24.8 Å². The lowest BCUT2D eigenvalue weighted by atomic mass is 9.92. The van der Waals surface area contributed by atoms with Crippen LogP contribution in [0.15, 0.2) is 12.2 Å². The smallest absolute Gasteiger partial charge is 0.227 e. The van der Waals surface area contributed by atoms with Gasteiger partial charge < -0.3 is 21.5 Å². The second-order valence-electron chi connectivity index (χ2n) is 12.0. The largest absolute Gasteiger partial charge is 0.389 e. The monoisotopic (exact) mass is 545 g/mol. The quantitative estimate of drug-likeness (QED) is 0.157. The van der Waals surface area contributed by atoms with Crippen LogP contribution in [0, 0.1) is 5.92 Å². The predicted molar refractivity (Wildman–Crippen MR) is 149 cm³/mol. The molecule has 11 heteroatoms. The van der Waals surface area contributed by atoms with Crippen molar-refractivity contribution in [1.29, 1.82) is 0 Å². The first-order valence-corrected chi connectivity index (χ1v) is 14.0. The van der Waals surface area contributed by atoms with Crippen molar-refractivity contribution in [2.24, 2.45) is 11.7 Å². The fourth-order valence-corrected chi connectivity index (χ4v) is 5.52. The average Bonchev–Trinajstić information content (AvgIpc) is 2.82. The minimum Gasteiger partial charge on any atom is -0.389 e. The molecule has 9 nitrogen and oxygen atoms in total. The fourth-order valence-electron chi connectivity index (χ4n) is 5.52. The molecule has 0 aromatic heterocycles. The molecule has 0 spiro atoms. The van der Waals surface area contributed by atoms with Gasteiger partial charge in [-0.05, 0) is 41.2 Å². The van der Waals surface area contributed by atoms with E-state index < -0.39 is 42.1 Å². The Labute approximate surface area is 228 Å². The predicted octanol–water partition coefficient (Wildman–Crippen LogP) is 0.305. The van der Waals surface area contributed by atoms with Gasteiger partial charge in [-0.2, -0.15) is 0 Å². The molecule has 2 rings (SSSR count). The van der Waals surface area contributed by atoms with Crippen LogP contribution in [0.1, 0.15) is 41.0 Å². The normalized spacial score (nSPS) is 27.1. The van der Waals surface area contributed by atoms with Crippen LogP contribution in [0.3, 0.4) is 0 Å². The molecule has 7 atom stereocenters. The van der Waals surface area contributed by atoms with Crippen molar-refractivity contribution < 1.29 is 18.7 Å². The lowest BCUT2D eigenvalue weighted by molar-refractivity contribution is -0.130. The van der Waals surface area contributed by atoms with Gasteiger partial charge >= 0.3 is 0 Å².